The van der Waals surface area contributed by atoms with Crippen molar-refractivity contribution >= 4 is 34.2 Å². The van der Waals surface area contributed by atoms with E-state index in [2.05, 4.69) is 28.6 Å². The number of nitro benzene ring substituents is 1. The Labute approximate surface area is 105 Å². The van der Waals surface area contributed by atoms with Crippen molar-refractivity contribution in [2.45, 2.75) is 6.42 Å². The summed E-state index contributed by atoms with van der Waals surface area (Å²) in [5.41, 5.74) is -0.383. The van der Waals surface area contributed by atoms with Crippen LogP contribution < -0.4 is 4.74 Å². The van der Waals surface area contributed by atoms with Crippen LogP contribution in [0.3, 0.4) is 0 Å². The summed E-state index contributed by atoms with van der Waals surface area (Å²) in [5, 5.41) is 10.7. The molecule has 0 spiro atoms. The molecule has 0 fully saturated rings. The normalized spacial score (nSPS) is 10.2. The number of nitrogens with zero attached hydrogens (tertiary/aromatic N) is 1. The molecule has 0 aliphatic carbocycles. The fraction of sp³-hybridized carbons (Fsp3) is 0.333. The lowest BCUT2D eigenvalue weighted by Gasteiger charge is -2.07. The third-order valence-electron chi connectivity index (χ3n) is 1.73. The summed E-state index contributed by atoms with van der Waals surface area (Å²) in [4.78, 5) is 10.0. The van der Waals surface area contributed by atoms with Crippen molar-refractivity contribution in [1.82, 2.24) is 0 Å². The van der Waals surface area contributed by atoms with E-state index in [4.69, 9.17) is 4.74 Å². The highest BCUT2D eigenvalue weighted by Crippen LogP contribution is 2.35. The molecule has 0 amide bonds. The summed E-state index contributed by atoms with van der Waals surface area (Å²) in [6, 6.07) is 1.96. The largest absolute Gasteiger partial charge is 0.486 e. The Morgan fingerprint density at radius 2 is 2.25 bits per heavy atom. The number of hydrogen-bond acceptors (Lipinski definition) is 4. The lowest BCUT2D eigenvalue weighted by atomic mass is 10.3. The first-order valence-corrected chi connectivity index (χ1v) is 5.86. The van der Waals surface area contributed by atoms with Crippen LogP contribution in [-0.4, -0.2) is 17.3 Å². The van der Waals surface area contributed by atoms with E-state index in [1.165, 1.54) is 0 Å². The number of hydrogen-bond donors (Lipinski definition) is 1. The summed E-state index contributed by atoms with van der Waals surface area (Å²) in [6.07, 6.45) is 0.657. The van der Waals surface area contributed by atoms with Crippen LogP contribution in [0.25, 0.3) is 0 Å². The van der Waals surface area contributed by atoms with Gasteiger partial charge in [-0.15, -0.1) is 0 Å². The average molecular weight is 310 g/mol. The molecular weight excluding hydrogens is 301 g/mol. The summed E-state index contributed by atoms with van der Waals surface area (Å²) >= 11 is 7.02. The van der Waals surface area contributed by atoms with Gasteiger partial charge in [0.2, 0.25) is 5.75 Å². The molecule has 0 bridgehead atoms. The van der Waals surface area contributed by atoms with E-state index in [1.807, 2.05) is 0 Å². The van der Waals surface area contributed by atoms with Crippen molar-refractivity contribution in [1.29, 1.82) is 0 Å². The maximum Gasteiger partial charge on any atom is 0.315 e. The number of benzene rings is 1. The van der Waals surface area contributed by atoms with Gasteiger partial charge in [-0.2, -0.15) is 12.6 Å². The second-order valence-electron chi connectivity index (χ2n) is 2.92. The molecule has 4 nitrogen and oxygen atoms in total. The molecule has 0 unspecified atom stereocenters. The van der Waals surface area contributed by atoms with Crippen molar-refractivity contribution in [2.75, 3.05) is 12.4 Å². The first-order valence-electron chi connectivity index (χ1n) is 4.43. The zero-order valence-electron chi connectivity index (χ0n) is 8.15. The van der Waals surface area contributed by atoms with Gasteiger partial charge in [0.05, 0.1) is 22.1 Å². The molecule has 0 N–H and O–H groups in total. The lowest BCUT2D eigenvalue weighted by molar-refractivity contribution is -0.386. The topological polar surface area (TPSA) is 52.4 Å². The summed E-state index contributed by atoms with van der Waals surface area (Å²) < 4.78 is 18.4. The van der Waals surface area contributed by atoms with Gasteiger partial charge in [-0.1, -0.05) is 0 Å². The second kappa shape index (κ2) is 6.05. The van der Waals surface area contributed by atoms with E-state index in [-0.39, 0.29) is 15.9 Å². The van der Waals surface area contributed by atoms with Crippen molar-refractivity contribution in [2.24, 2.45) is 0 Å². The smallest absolute Gasteiger partial charge is 0.315 e. The molecule has 0 aliphatic rings. The Morgan fingerprint density at radius 3 is 2.81 bits per heavy atom. The Balaban J connectivity index is 2.99. The van der Waals surface area contributed by atoms with Gasteiger partial charge < -0.3 is 4.74 Å². The summed E-state index contributed by atoms with van der Waals surface area (Å²) in [6.45, 7) is 0.300. The Hall–Kier alpha value is -0.820. The lowest BCUT2D eigenvalue weighted by Crippen LogP contribution is -2.02. The molecule has 0 radical (unpaired) electrons. The van der Waals surface area contributed by atoms with Gasteiger partial charge in [0, 0.05) is 0 Å². The number of nitro groups is 1. The molecule has 0 aliphatic heterocycles. The molecule has 0 aromatic heterocycles. The highest BCUT2D eigenvalue weighted by Gasteiger charge is 2.20. The zero-order chi connectivity index (χ0) is 12.1. The molecule has 88 valence electrons. The molecule has 1 aromatic carbocycles. The first kappa shape index (κ1) is 13.2. The maximum atomic E-state index is 13.0. The van der Waals surface area contributed by atoms with Gasteiger partial charge in [0.15, 0.2) is 0 Å². The molecule has 0 heterocycles. The van der Waals surface area contributed by atoms with Crippen LogP contribution >= 0.6 is 28.6 Å². The van der Waals surface area contributed by atoms with Crippen LogP contribution in [0.1, 0.15) is 6.42 Å². The molecule has 7 heteroatoms. The van der Waals surface area contributed by atoms with Gasteiger partial charge in [0.1, 0.15) is 5.82 Å². The average Bonchev–Trinajstić information content (AvgIpc) is 2.20. The van der Waals surface area contributed by atoms with Crippen LogP contribution in [0.15, 0.2) is 16.6 Å². The predicted octanol–water partition coefficient (Wildman–Crippen LogP) is 3.20. The van der Waals surface area contributed by atoms with Crippen molar-refractivity contribution < 1.29 is 14.1 Å². The Bertz CT molecular complexity index is 403. The molecule has 0 saturated heterocycles. The number of rotatable bonds is 5. The van der Waals surface area contributed by atoms with Gasteiger partial charge >= 0.3 is 5.69 Å². The van der Waals surface area contributed by atoms with E-state index in [0.29, 0.717) is 18.8 Å². The van der Waals surface area contributed by atoms with Crippen molar-refractivity contribution in [3.05, 3.63) is 32.5 Å². The molecule has 16 heavy (non-hydrogen) atoms. The standard InChI is InChI=1S/C9H9BrFNO3S/c10-7-4-6(11)5-8(12(13)14)9(7)15-2-1-3-16/h4-5,16H,1-3H2. The SMILES string of the molecule is O=[N+]([O-])c1cc(F)cc(Br)c1OCCCS. The molecule has 1 aromatic rings. The van der Waals surface area contributed by atoms with Crippen LogP contribution in [-0.2, 0) is 0 Å². The molecule has 0 atom stereocenters. The minimum atomic E-state index is -0.680. The zero-order valence-corrected chi connectivity index (χ0v) is 10.6. The van der Waals surface area contributed by atoms with E-state index in [0.717, 1.165) is 12.1 Å². The predicted molar refractivity (Wildman–Crippen MR) is 64.7 cm³/mol. The molecule has 0 saturated carbocycles. The Kier molecular flexibility index (Phi) is 5.01. The fourth-order valence-electron chi connectivity index (χ4n) is 1.06. The molecular formula is C9H9BrFNO3S. The number of thiol groups is 1. The Morgan fingerprint density at radius 1 is 1.56 bits per heavy atom. The van der Waals surface area contributed by atoms with Gasteiger partial charge in [0.25, 0.3) is 0 Å². The number of ether oxygens (including phenoxy) is 1. The summed E-state index contributed by atoms with van der Waals surface area (Å²) in [7, 11) is 0. The van der Waals surface area contributed by atoms with Crippen LogP contribution in [0.2, 0.25) is 0 Å². The highest BCUT2D eigenvalue weighted by atomic mass is 79.9. The van der Waals surface area contributed by atoms with E-state index < -0.39 is 10.7 Å². The van der Waals surface area contributed by atoms with Gasteiger partial charge in [-0.3, -0.25) is 10.1 Å². The quantitative estimate of drug-likeness (QED) is 0.393. The van der Waals surface area contributed by atoms with Gasteiger partial charge in [-0.05, 0) is 34.2 Å². The van der Waals surface area contributed by atoms with E-state index >= 15 is 0 Å². The molecule has 1 rings (SSSR count). The van der Waals surface area contributed by atoms with Crippen LogP contribution in [0.4, 0.5) is 10.1 Å². The maximum absolute atomic E-state index is 13.0. The fourth-order valence-corrected chi connectivity index (χ4v) is 1.73. The summed E-state index contributed by atoms with van der Waals surface area (Å²) in [5.74, 6) is -0.0135. The first-order chi connectivity index (χ1) is 7.56. The van der Waals surface area contributed by atoms with Gasteiger partial charge in [-0.25, -0.2) is 4.39 Å². The highest BCUT2D eigenvalue weighted by molar-refractivity contribution is 9.10. The number of halogens is 2. The van der Waals surface area contributed by atoms with E-state index in [9.17, 15) is 14.5 Å². The minimum Gasteiger partial charge on any atom is -0.486 e. The van der Waals surface area contributed by atoms with Crippen LogP contribution in [0.5, 0.6) is 5.75 Å². The van der Waals surface area contributed by atoms with E-state index in [1.54, 1.807) is 0 Å². The van der Waals surface area contributed by atoms with Crippen molar-refractivity contribution in [3.63, 3.8) is 0 Å². The third kappa shape index (κ3) is 3.34. The second-order valence-corrected chi connectivity index (χ2v) is 4.22. The van der Waals surface area contributed by atoms with Crippen molar-refractivity contribution in [3.8, 4) is 5.75 Å². The van der Waals surface area contributed by atoms with Crippen LogP contribution in [0, 0.1) is 15.9 Å². The third-order valence-corrected chi connectivity index (χ3v) is 2.64. The minimum absolute atomic E-state index is 0.0492. The monoisotopic (exact) mass is 309 g/mol.